The molecule has 0 bridgehead atoms. The lowest BCUT2D eigenvalue weighted by atomic mass is 10.1. The Morgan fingerprint density at radius 3 is 2.50 bits per heavy atom. The molecule has 0 heterocycles. The molecule has 0 unspecified atom stereocenters. The van der Waals surface area contributed by atoms with E-state index in [1.807, 2.05) is 6.92 Å². The summed E-state index contributed by atoms with van der Waals surface area (Å²) >= 11 is 19.5. The van der Waals surface area contributed by atoms with Crippen LogP contribution >= 0.6 is 46.6 Å². The van der Waals surface area contributed by atoms with E-state index in [1.54, 1.807) is 24.3 Å². The zero-order valence-corrected chi connectivity index (χ0v) is 19.6. The number of halogens is 4. The zero-order chi connectivity index (χ0) is 22.3. The summed E-state index contributed by atoms with van der Waals surface area (Å²) in [6.45, 7) is 1.98. The summed E-state index contributed by atoms with van der Waals surface area (Å²) in [6.07, 6.45) is 0.431. The Kier molecular flexibility index (Phi) is 9.75. The van der Waals surface area contributed by atoms with Crippen LogP contribution in [0.25, 0.3) is 0 Å². The monoisotopic (exact) mass is 490 g/mol. The van der Waals surface area contributed by atoms with Crippen molar-refractivity contribution in [2.75, 3.05) is 12.8 Å². The first-order chi connectivity index (χ1) is 14.3. The van der Waals surface area contributed by atoms with Crippen LogP contribution in [0.5, 0.6) is 0 Å². The van der Waals surface area contributed by atoms with E-state index in [-0.39, 0.29) is 29.9 Å². The van der Waals surface area contributed by atoms with Gasteiger partial charge in [0.05, 0.1) is 5.75 Å². The SMILES string of the molecule is CC[C@H](C(=O)NC)N(Cc1ccc(Cl)cc1Cl)C(=O)CSCc1c(F)cccc1Cl. The molecular weight excluding hydrogens is 470 g/mol. The molecule has 162 valence electrons. The maximum atomic E-state index is 14.0. The van der Waals surface area contributed by atoms with E-state index in [9.17, 15) is 14.0 Å². The van der Waals surface area contributed by atoms with Gasteiger partial charge in [0.25, 0.3) is 0 Å². The van der Waals surface area contributed by atoms with Gasteiger partial charge in [0.1, 0.15) is 11.9 Å². The fourth-order valence-electron chi connectivity index (χ4n) is 2.91. The number of hydrogen-bond acceptors (Lipinski definition) is 3. The van der Waals surface area contributed by atoms with Crippen molar-refractivity contribution in [1.82, 2.24) is 10.2 Å². The highest BCUT2D eigenvalue weighted by atomic mass is 35.5. The minimum Gasteiger partial charge on any atom is -0.357 e. The highest BCUT2D eigenvalue weighted by Gasteiger charge is 2.28. The fraction of sp³-hybridized carbons (Fsp3) is 0.333. The highest BCUT2D eigenvalue weighted by molar-refractivity contribution is 7.99. The number of benzene rings is 2. The number of carbonyl (C=O) groups is 2. The molecule has 1 N–H and O–H groups in total. The van der Waals surface area contributed by atoms with E-state index < -0.39 is 11.9 Å². The standard InChI is InChI=1S/C21H22Cl3FN2O2S/c1-3-19(21(29)26-2)27(10-13-7-8-14(22)9-17(13)24)20(28)12-30-11-15-16(23)5-4-6-18(15)25/h4-9,19H,3,10-12H2,1-2H3,(H,26,29)/t19-/m1/s1. The average Bonchev–Trinajstić information content (AvgIpc) is 2.71. The predicted octanol–water partition coefficient (Wildman–Crippen LogP) is 5.57. The largest absolute Gasteiger partial charge is 0.357 e. The molecule has 2 amide bonds. The van der Waals surface area contributed by atoms with Crippen LogP contribution in [0.3, 0.4) is 0 Å². The second kappa shape index (κ2) is 11.8. The molecular formula is C21H22Cl3FN2O2S. The molecule has 0 saturated heterocycles. The number of hydrogen-bond donors (Lipinski definition) is 1. The number of nitrogens with zero attached hydrogens (tertiary/aromatic N) is 1. The summed E-state index contributed by atoms with van der Waals surface area (Å²) in [6, 6.07) is 8.81. The molecule has 0 aliphatic carbocycles. The minimum absolute atomic E-state index is 0.0589. The van der Waals surface area contributed by atoms with Crippen molar-refractivity contribution in [2.45, 2.75) is 31.7 Å². The number of amides is 2. The molecule has 0 fully saturated rings. The van der Waals surface area contributed by atoms with E-state index in [4.69, 9.17) is 34.8 Å². The second-order valence-corrected chi connectivity index (χ2v) is 8.73. The third-order valence-corrected chi connectivity index (χ3v) is 6.41. The van der Waals surface area contributed by atoms with Crippen molar-refractivity contribution in [3.8, 4) is 0 Å². The second-order valence-electron chi connectivity index (χ2n) is 6.49. The fourth-order valence-corrected chi connectivity index (χ4v) is 4.63. The van der Waals surface area contributed by atoms with Crippen LogP contribution in [0.4, 0.5) is 4.39 Å². The van der Waals surface area contributed by atoms with Gasteiger partial charge in [0.2, 0.25) is 11.8 Å². The first-order valence-corrected chi connectivity index (χ1v) is 11.5. The molecule has 0 spiro atoms. The summed E-state index contributed by atoms with van der Waals surface area (Å²) in [7, 11) is 1.53. The van der Waals surface area contributed by atoms with E-state index in [1.165, 1.54) is 35.8 Å². The lowest BCUT2D eigenvalue weighted by Crippen LogP contribution is -2.48. The van der Waals surface area contributed by atoms with Crippen molar-refractivity contribution in [3.63, 3.8) is 0 Å². The predicted molar refractivity (Wildman–Crippen MR) is 123 cm³/mol. The Bertz CT molecular complexity index is 894. The zero-order valence-electron chi connectivity index (χ0n) is 16.6. The molecule has 0 aromatic heterocycles. The number of likely N-dealkylation sites (N-methyl/N-ethyl adjacent to an activating group) is 1. The first-order valence-electron chi connectivity index (χ1n) is 9.24. The van der Waals surface area contributed by atoms with Crippen molar-refractivity contribution in [3.05, 3.63) is 68.4 Å². The van der Waals surface area contributed by atoms with Crippen LogP contribution < -0.4 is 5.32 Å². The topological polar surface area (TPSA) is 49.4 Å². The molecule has 2 rings (SSSR count). The van der Waals surface area contributed by atoms with Crippen molar-refractivity contribution in [2.24, 2.45) is 0 Å². The van der Waals surface area contributed by atoms with Crippen molar-refractivity contribution >= 4 is 58.4 Å². The van der Waals surface area contributed by atoms with Gasteiger partial charge in [0.15, 0.2) is 0 Å². The third-order valence-electron chi connectivity index (χ3n) is 4.52. The van der Waals surface area contributed by atoms with Gasteiger partial charge in [-0.2, -0.15) is 0 Å². The maximum absolute atomic E-state index is 14.0. The Labute approximate surface area is 195 Å². The lowest BCUT2D eigenvalue weighted by molar-refractivity contribution is -0.139. The number of rotatable bonds is 9. The third kappa shape index (κ3) is 6.51. The minimum atomic E-state index is -0.660. The van der Waals surface area contributed by atoms with Crippen LogP contribution in [0.15, 0.2) is 36.4 Å². The summed E-state index contributed by atoms with van der Waals surface area (Å²) in [5.74, 6) is -0.636. The molecule has 9 heteroatoms. The Hall–Kier alpha value is -1.47. The van der Waals surface area contributed by atoms with Gasteiger partial charge >= 0.3 is 0 Å². The van der Waals surface area contributed by atoms with Crippen LogP contribution in [0, 0.1) is 5.82 Å². The molecule has 0 aliphatic heterocycles. The summed E-state index contributed by atoms with van der Waals surface area (Å²) in [4.78, 5) is 26.9. The molecule has 1 atom stereocenters. The Morgan fingerprint density at radius 1 is 1.17 bits per heavy atom. The van der Waals surface area contributed by atoms with Gasteiger partial charge in [0, 0.05) is 40.0 Å². The van der Waals surface area contributed by atoms with Gasteiger partial charge in [-0.15, -0.1) is 11.8 Å². The number of nitrogens with one attached hydrogen (secondary N) is 1. The summed E-state index contributed by atoms with van der Waals surface area (Å²) in [5.41, 5.74) is 1.03. The average molecular weight is 492 g/mol. The lowest BCUT2D eigenvalue weighted by Gasteiger charge is -2.30. The van der Waals surface area contributed by atoms with E-state index in [0.717, 1.165) is 0 Å². The van der Waals surface area contributed by atoms with E-state index in [0.29, 0.717) is 32.6 Å². The number of thioether (sulfide) groups is 1. The normalized spacial score (nSPS) is 11.8. The summed E-state index contributed by atoms with van der Waals surface area (Å²) in [5, 5.41) is 3.81. The van der Waals surface area contributed by atoms with Crippen LogP contribution in [-0.4, -0.2) is 35.6 Å². The first kappa shape index (κ1) is 24.8. The smallest absolute Gasteiger partial charge is 0.242 e. The van der Waals surface area contributed by atoms with Crippen molar-refractivity contribution < 1.29 is 14.0 Å². The molecule has 0 radical (unpaired) electrons. The quantitative estimate of drug-likeness (QED) is 0.499. The molecule has 0 aliphatic rings. The van der Waals surface area contributed by atoms with Gasteiger partial charge in [-0.25, -0.2) is 4.39 Å². The molecule has 2 aromatic rings. The Morgan fingerprint density at radius 2 is 1.90 bits per heavy atom. The molecule has 30 heavy (non-hydrogen) atoms. The molecule has 4 nitrogen and oxygen atoms in total. The molecule has 0 saturated carbocycles. The van der Waals surface area contributed by atoms with Gasteiger partial charge < -0.3 is 10.2 Å². The van der Waals surface area contributed by atoms with Gasteiger partial charge in [-0.05, 0) is 36.2 Å². The Balaban J connectivity index is 2.18. The van der Waals surface area contributed by atoms with Crippen LogP contribution in [-0.2, 0) is 21.9 Å². The molecule has 2 aromatic carbocycles. The highest BCUT2D eigenvalue weighted by Crippen LogP contribution is 2.26. The van der Waals surface area contributed by atoms with Crippen LogP contribution in [0.1, 0.15) is 24.5 Å². The van der Waals surface area contributed by atoms with Crippen molar-refractivity contribution in [1.29, 1.82) is 0 Å². The van der Waals surface area contributed by atoms with Crippen LogP contribution in [0.2, 0.25) is 15.1 Å². The van der Waals surface area contributed by atoms with E-state index in [2.05, 4.69) is 5.32 Å². The summed E-state index contributed by atoms with van der Waals surface area (Å²) < 4.78 is 14.0. The maximum Gasteiger partial charge on any atom is 0.242 e. The number of carbonyl (C=O) groups excluding carboxylic acids is 2. The van der Waals surface area contributed by atoms with Gasteiger partial charge in [-0.1, -0.05) is 53.9 Å². The van der Waals surface area contributed by atoms with E-state index >= 15 is 0 Å². The van der Waals surface area contributed by atoms with Gasteiger partial charge in [-0.3, -0.25) is 9.59 Å².